The van der Waals surface area contributed by atoms with Crippen LogP contribution in [0.5, 0.6) is 11.5 Å². The third-order valence-electron chi connectivity index (χ3n) is 3.89. The molecule has 0 atom stereocenters. The molecule has 0 bridgehead atoms. The Morgan fingerprint density at radius 1 is 0.833 bits per heavy atom. The van der Waals surface area contributed by atoms with E-state index in [4.69, 9.17) is 4.74 Å². The summed E-state index contributed by atoms with van der Waals surface area (Å²) in [6, 6.07) is 25.8. The number of hydrogen-bond acceptors (Lipinski definition) is 3. The van der Waals surface area contributed by atoms with Crippen LogP contribution in [0.1, 0.15) is 5.56 Å². The quantitative estimate of drug-likeness (QED) is 0.508. The van der Waals surface area contributed by atoms with Crippen LogP contribution in [-0.2, 0) is 6.61 Å². The maximum Gasteiger partial charge on any atom is 0.132 e. The molecule has 1 heterocycles. The fourth-order valence-corrected chi connectivity index (χ4v) is 3.78. The van der Waals surface area contributed by atoms with Gasteiger partial charge in [0.25, 0.3) is 0 Å². The van der Waals surface area contributed by atoms with Crippen molar-refractivity contribution >= 4 is 21.4 Å². The molecule has 0 spiro atoms. The van der Waals surface area contributed by atoms with Crippen molar-refractivity contribution in [2.45, 2.75) is 6.61 Å². The summed E-state index contributed by atoms with van der Waals surface area (Å²) in [5.41, 5.74) is 2.10. The van der Waals surface area contributed by atoms with E-state index < -0.39 is 0 Å². The Labute approximate surface area is 144 Å². The van der Waals surface area contributed by atoms with Crippen LogP contribution in [0.2, 0.25) is 0 Å². The van der Waals surface area contributed by atoms with Crippen molar-refractivity contribution in [2.24, 2.45) is 0 Å². The summed E-state index contributed by atoms with van der Waals surface area (Å²) in [5, 5.41) is 11.1. The van der Waals surface area contributed by atoms with Gasteiger partial charge in [0.05, 0.1) is 0 Å². The summed E-state index contributed by atoms with van der Waals surface area (Å²) in [7, 11) is 0. The summed E-state index contributed by atoms with van der Waals surface area (Å²) in [4.78, 5) is 1.14. The Balaban J connectivity index is 1.70. The lowest BCUT2D eigenvalue weighted by atomic mass is 10.1. The molecule has 3 aromatic carbocycles. The normalized spacial score (nSPS) is 10.8. The van der Waals surface area contributed by atoms with E-state index in [1.54, 1.807) is 23.5 Å². The van der Waals surface area contributed by atoms with Crippen LogP contribution >= 0.6 is 11.3 Å². The van der Waals surface area contributed by atoms with Crippen LogP contribution < -0.4 is 4.74 Å². The first-order chi connectivity index (χ1) is 11.8. The van der Waals surface area contributed by atoms with Crippen molar-refractivity contribution in [1.29, 1.82) is 0 Å². The molecule has 4 rings (SSSR count). The average Bonchev–Trinajstić information content (AvgIpc) is 3.05. The zero-order valence-corrected chi connectivity index (χ0v) is 13.8. The van der Waals surface area contributed by atoms with E-state index in [1.807, 2.05) is 48.5 Å². The van der Waals surface area contributed by atoms with Gasteiger partial charge in [0.2, 0.25) is 0 Å². The van der Waals surface area contributed by atoms with Gasteiger partial charge < -0.3 is 9.84 Å². The highest BCUT2D eigenvalue weighted by molar-refractivity contribution is 7.22. The average molecular weight is 332 g/mol. The molecule has 0 aliphatic rings. The van der Waals surface area contributed by atoms with Gasteiger partial charge in [-0.25, -0.2) is 0 Å². The number of benzene rings is 3. The van der Waals surface area contributed by atoms with Gasteiger partial charge in [-0.1, -0.05) is 48.5 Å². The third-order valence-corrected chi connectivity index (χ3v) is 5.04. The number of fused-ring (bicyclic) bond motifs is 1. The van der Waals surface area contributed by atoms with E-state index >= 15 is 0 Å². The minimum atomic E-state index is 0.211. The van der Waals surface area contributed by atoms with Gasteiger partial charge in [0.1, 0.15) is 18.1 Å². The first kappa shape index (κ1) is 14.8. The predicted octanol–water partition coefficient (Wildman–Crippen LogP) is 5.85. The van der Waals surface area contributed by atoms with Crippen LogP contribution in [0.3, 0.4) is 0 Å². The molecule has 4 aromatic rings. The number of ether oxygens (including phenoxy) is 1. The van der Waals surface area contributed by atoms with Crippen LogP contribution in [0.4, 0.5) is 0 Å². The Morgan fingerprint density at radius 2 is 1.62 bits per heavy atom. The van der Waals surface area contributed by atoms with Gasteiger partial charge in [-0.2, -0.15) is 0 Å². The van der Waals surface area contributed by atoms with Crippen LogP contribution in [0.15, 0.2) is 78.9 Å². The highest BCUT2D eigenvalue weighted by atomic mass is 32.1. The van der Waals surface area contributed by atoms with E-state index in [0.717, 1.165) is 16.0 Å². The van der Waals surface area contributed by atoms with Gasteiger partial charge >= 0.3 is 0 Å². The lowest BCUT2D eigenvalue weighted by Gasteiger charge is -2.11. The fraction of sp³-hybridized carbons (Fsp3) is 0.0476. The van der Waals surface area contributed by atoms with Crippen molar-refractivity contribution in [3.8, 4) is 21.9 Å². The van der Waals surface area contributed by atoms with Crippen molar-refractivity contribution < 1.29 is 9.84 Å². The molecule has 2 nitrogen and oxygen atoms in total. The highest BCUT2D eigenvalue weighted by Gasteiger charge is 2.11. The van der Waals surface area contributed by atoms with Gasteiger partial charge in [0.15, 0.2) is 0 Å². The van der Waals surface area contributed by atoms with E-state index in [9.17, 15) is 5.11 Å². The Kier molecular flexibility index (Phi) is 3.93. The van der Waals surface area contributed by atoms with Crippen LogP contribution in [0, 0.1) is 0 Å². The smallest absolute Gasteiger partial charge is 0.132 e. The molecule has 0 amide bonds. The topological polar surface area (TPSA) is 29.5 Å². The summed E-state index contributed by atoms with van der Waals surface area (Å²) in [6.45, 7) is 0.474. The largest absolute Gasteiger partial charge is 0.508 e. The first-order valence-electron chi connectivity index (χ1n) is 7.78. The van der Waals surface area contributed by atoms with E-state index in [-0.39, 0.29) is 5.75 Å². The molecule has 0 aliphatic carbocycles. The molecule has 24 heavy (non-hydrogen) atoms. The second kappa shape index (κ2) is 6.38. The molecule has 1 aromatic heterocycles. The van der Waals surface area contributed by atoms with Crippen molar-refractivity contribution in [3.63, 3.8) is 0 Å². The minimum absolute atomic E-state index is 0.211. The summed E-state index contributed by atoms with van der Waals surface area (Å²) in [6.07, 6.45) is 0. The zero-order valence-electron chi connectivity index (χ0n) is 13.0. The molecule has 0 saturated heterocycles. The van der Waals surface area contributed by atoms with E-state index in [1.165, 1.54) is 10.1 Å². The molecule has 0 saturated carbocycles. The predicted molar refractivity (Wildman–Crippen MR) is 99.7 cm³/mol. The van der Waals surface area contributed by atoms with Gasteiger partial charge in [0, 0.05) is 21.2 Å². The standard InChI is InChI=1S/C21H16O2S/c22-17-10-11-18(21-12-16-8-4-5-9-20(16)24-21)19(13-17)23-14-15-6-2-1-3-7-15/h1-13,22H,14H2. The number of thiophene rings is 1. The summed E-state index contributed by atoms with van der Waals surface area (Å²) in [5.74, 6) is 0.910. The fourth-order valence-electron chi connectivity index (χ4n) is 2.68. The van der Waals surface area contributed by atoms with Crippen molar-refractivity contribution in [3.05, 3.63) is 84.4 Å². The summed E-state index contributed by atoms with van der Waals surface area (Å²) < 4.78 is 7.25. The maximum absolute atomic E-state index is 9.84. The number of phenolic OH excluding ortho intramolecular Hbond substituents is 1. The number of phenols is 1. The van der Waals surface area contributed by atoms with Crippen molar-refractivity contribution in [2.75, 3.05) is 0 Å². The number of aromatic hydroxyl groups is 1. The van der Waals surface area contributed by atoms with Gasteiger partial charge in [-0.15, -0.1) is 11.3 Å². The Bertz CT molecular complexity index is 940. The van der Waals surface area contributed by atoms with Gasteiger partial charge in [-0.05, 0) is 35.2 Å². The molecule has 1 N–H and O–H groups in total. The second-order valence-electron chi connectivity index (χ2n) is 5.60. The Morgan fingerprint density at radius 3 is 2.46 bits per heavy atom. The van der Waals surface area contributed by atoms with Crippen molar-refractivity contribution in [1.82, 2.24) is 0 Å². The second-order valence-corrected chi connectivity index (χ2v) is 6.69. The minimum Gasteiger partial charge on any atom is -0.508 e. The van der Waals surface area contributed by atoms with Gasteiger partial charge in [-0.3, -0.25) is 0 Å². The molecule has 0 unspecified atom stereocenters. The van der Waals surface area contributed by atoms with Crippen LogP contribution in [0.25, 0.3) is 20.5 Å². The lowest BCUT2D eigenvalue weighted by Crippen LogP contribution is -1.96. The number of rotatable bonds is 4. The first-order valence-corrected chi connectivity index (χ1v) is 8.60. The number of hydrogen-bond donors (Lipinski definition) is 1. The SMILES string of the molecule is Oc1ccc(-c2cc3ccccc3s2)c(OCc2ccccc2)c1. The third kappa shape index (κ3) is 2.99. The maximum atomic E-state index is 9.84. The molecule has 118 valence electrons. The van der Waals surface area contributed by atoms with E-state index in [2.05, 4.69) is 18.2 Å². The van der Waals surface area contributed by atoms with Crippen LogP contribution in [-0.4, -0.2) is 5.11 Å². The molecular formula is C21H16O2S. The zero-order chi connectivity index (χ0) is 16.4. The van der Waals surface area contributed by atoms with E-state index in [0.29, 0.717) is 12.4 Å². The Hall–Kier alpha value is -2.78. The molecule has 0 fully saturated rings. The molecular weight excluding hydrogens is 316 g/mol. The highest BCUT2D eigenvalue weighted by Crippen LogP contribution is 2.39. The monoisotopic (exact) mass is 332 g/mol. The molecule has 0 aliphatic heterocycles. The lowest BCUT2D eigenvalue weighted by molar-refractivity contribution is 0.306. The molecule has 3 heteroatoms. The summed E-state index contributed by atoms with van der Waals surface area (Å²) >= 11 is 1.73. The molecule has 0 radical (unpaired) electrons.